The molecule has 1 aliphatic heterocycles. The predicted octanol–water partition coefficient (Wildman–Crippen LogP) is 2.63. The van der Waals surface area contributed by atoms with Crippen molar-refractivity contribution in [3.63, 3.8) is 0 Å². The van der Waals surface area contributed by atoms with E-state index in [4.69, 9.17) is 10.5 Å². The van der Waals surface area contributed by atoms with E-state index in [-0.39, 0.29) is 5.54 Å². The number of ether oxygens (including phenoxy) is 1. The van der Waals surface area contributed by atoms with Gasteiger partial charge in [-0.15, -0.1) is 11.3 Å². The Balaban J connectivity index is 1.95. The van der Waals surface area contributed by atoms with Gasteiger partial charge in [0.15, 0.2) is 0 Å². The first-order valence-electron chi connectivity index (χ1n) is 6.10. The standard InChI is InChI=1S/C14H16N2OS/c1-10-16-11(9-18-10)8-14(15)6-7-17-13-5-3-2-4-12(13)14/h2-5,9H,6-8,15H2,1H3. The van der Waals surface area contributed by atoms with Gasteiger partial charge in [-0.1, -0.05) is 18.2 Å². The number of hydrogen-bond acceptors (Lipinski definition) is 4. The summed E-state index contributed by atoms with van der Waals surface area (Å²) in [6.07, 6.45) is 1.61. The minimum atomic E-state index is -0.352. The van der Waals surface area contributed by atoms with Crippen LogP contribution in [0, 0.1) is 6.92 Å². The Hall–Kier alpha value is -1.39. The maximum Gasteiger partial charge on any atom is 0.124 e. The lowest BCUT2D eigenvalue weighted by molar-refractivity contribution is 0.215. The zero-order chi connectivity index (χ0) is 12.6. The van der Waals surface area contributed by atoms with Gasteiger partial charge in [0.1, 0.15) is 5.75 Å². The van der Waals surface area contributed by atoms with E-state index in [0.717, 1.165) is 34.9 Å². The normalized spacial score (nSPS) is 22.3. The third-order valence-corrected chi connectivity index (χ3v) is 4.21. The first-order valence-corrected chi connectivity index (χ1v) is 6.97. The van der Waals surface area contributed by atoms with Crippen LogP contribution >= 0.6 is 11.3 Å². The summed E-state index contributed by atoms with van der Waals surface area (Å²) < 4.78 is 5.66. The largest absolute Gasteiger partial charge is 0.493 e. The summed E-state index contributed by atoms with van der Waals surface area (Å²) in [5.74, 6) is 0.915. The van der Waals surface area contributed by atoms with E-state index in [1.54, 1.807) is 11.3 Å². The van der Waals surface area contributed by atoms with Crippen LogP contribution in [0.15, 0.2) is 29.6 Å². The minimum Gasteiger partial charge on any atom is -0.493 e. The van der Waals surface area contributed by atoms with Crippen LogP contribution in [0.4, 0.5) is 0 Å². The van der Waals surface area contributed by atoms with Gasteiger partial charge in [0.25, 0.3) is 0 Å². The lowest BCUT2D eigenvalue weighted by atomic mass is 9.82. The quantitative estimate of drug-likeness (QED) is 0.903. The Morgan fingerprint density at radius 1 is 1.44 bits per heavy atom. The van der Waals surface area contributed by atoms with Gasteiger partial charge in [0.05, 0.1) is 22.8 Å². The number of para-hydroxylation sites is 1. The first-order chi connectivity index (χ1) is 8.67. The van der Waals surface area contributed by atoms with Gasteiger partial charge in [-0.25, -0.2) is 4.98 Å². The molecule has 3 rings (SSSR count). The highest BCUT2D eigenvalue weighted by Crippen LogP contribution is 2.37. The van der Waals surface area contributed by atoms with Gasteiger partial charge in [-0.05, 0) is 13.0 Å². The van der Waals surface area contributed by atoms with Crippen LogP contribution in [0.1, 0.15) is 22.7 Å². The topological polar surface area (TPSA) is 48.1 Å². The molecule has 18 heavy (non-hydrogen) atoms. The number of nitrogens with zero attached hydrogens (tertiary/aromatic N) is 1. The minimum absolute atomic E-state index is 0.352. The molecule has 0 aliphatic carbocycles. The molecule has 1 aromatic carbocycles. The third-order valence-electron chi connectivity index (χ3n) is 3.39. The molecular formula is C14H16N2OS. The summed E-state index contributed by atoms with van der Waals surface area (Å²) in [6.45, 7) is 2.70. The summed E-state index contributed by atoms with van der Waals surface area (Å²) in [4.78, 5) is 4.52. The molecule has 1 aliphatic rings. The first kappa shape index (κ1) is 11.7. The van der Waals surface area contributed by atoms with Crippen LogP contribution in [0.5, 0.6) is 5.75 Å². The lowest BCUT2D eigenvalue weighted by Gasteiger charge is -2.35. The Morgan fingerprint density at radius 2 is 2.28 bits per heavy atom. The molecule has 2 N–H and O–H groups in total. The number of rotatable bonds is 2. The zero-order valence-corrected chi connectivity index (χ0v) is 11.2. The monoisotopic (exact) mass is 260 g/mol. The van der Waals surface area contributed by atoms with E-state index in [1.807, 2.05) is 25.1 Å². The number of aromatic nitrogens is 1. The van der Waals surface area contributed by atoms with Crippen molar-refractivity contribution in [2.75, 3.05) is 6.61 Å². The van der Waals surface area contributed by atoms with Crippen molar-refractivity contribution in [1.29, 1.82) is 0 Å². The van der Waals surface area contributed by atoms with E-state index in [0.29, 0.717) is 6.61 Å². The van der Waals surface area contributed by atoms with Gasteiger partial charge in [-0.2, -0.15) is 0 Å². The van der Waals surface area contributed by atoms with Gasteiger partial charge in [0.2, 0.25) is 0 Å². The fraction of sp³-hybridized carbons (Fsp3) is 0.357. The Kier molecular flexibility index (Phi) is 2.84. The second-order valence-electron chi connectivity index (χ2n) is 4.79. The molecular weight excluding hydrogens is 244 g/mol. The van der Waals surface area contributed by atoms with E-state index < -0.39 is 0 Å². The summed E-state index contributed by atoms with van der Waals surface area (Å²) >= 11 is 1.68. The molecule has 3 nitrogen and oxygen atoms in total. The number of nitrogens with two attached hydrogens (primary N) is 1. The average Bonchev–Trinajstić information content (AvgIpc) is 2.75. The number of thiazole rings is 1. The molecule has 94 valence electrons. The Labute approximate surface area is 111 Å². The molecule has 0 spiro atoms. The number of hydrogen-bond donors (Lipinski definition) is 1. The van der Waals surface area contributed by atoms with Gasteiger partial charge in [-0.3, -0.25) is 0 Å². The van der Waals surface area contributed by atoms with Crippen molar-refractivity contribution in [1.82, 2.24) is 4.98 Å². The van der Waals surface area contributed by atoms with Crippen molar-refractivity contribution >= 4 is 11.3 Å². The number of fused-ring (bicyclic) bond motifs is 1. The molecule has 0 radical (unpaired) electrons. The van der Waals surface area contributed by atoms with Crippen molar-refractivity contribution in [3.05, 3.63) is 45.9 Å². The molecule has 0 saturated heterocycles. The second kappa shape index (κ2) is 4.37. The van der Waals surface area contributed by atoms with Crippen LogP contribution in [0.2, 0.25) is 0 Å². The summed E-state index contributed by atoms with van der Waals surface area (Å²) in [5.41, 5.74) is 8.42. The fourth-order valence-corrected chi connectivity index (χ4v) is 3.09. The third kappa shape index (κ3) is 2.02. The van der Waals surface area contributed by atoms with Crippen LogP contribution in [0.25, 0.3) is 0 Å². The number of benzene rings is 1. The summed E-state index contributed by atoms with van der Waals surface area (Å²) in [7, 11) is 0. The summed E-state index contributed by atoms with van der Waals surface area (Å²) in [6, 6.07) is 8.05. The van der Waals surface area contributed by atoms with Gasteiger partial charge < -0.3 is 10.5 Å². The van der Waals surface area contributed by atoms with E-state index in [2.05, 4.69) is 16.4 Å². The van der Waals surface area contributed by atoms with Crippen LogP contribution in [-0.2, 0) is 12.0 Å². The van der Waals surface area contributed by atoms with E-state index in [1.165, 1.54) is 0 Å². The highest BCUT2D eigenvalue weighted by atomic mass is 32.1. The van der Waals surface area contributed by atoms with Crippen molar-refractivity contribution in [2.45, 2.75) is 25.3 Å². The Morgan fingerprint density at radius 3 is 3.06 bits per heavy atom. The lowest BCUT2D eigenvalue weighted by Crippen LogP contribution is -2.43. The fourth-order valence-electron chi connectivity index (χ4n) is 2.48. The molecule has 0 fully saturated rings. The second-order valence-corrected chi connectivity index (χ2v) is 5.85. The van der Waals surface area contributed by atoms with Gasteiger partial charge >= 0.3 is 0 Å². The maximum atomic E-state index is 6.60. The molecule has 0 bridgehead atoms. The van der Waals surface area contributed by atoms with Crippen molar-refractivity contribution < 1.29 is 4.74 Å². The van der Waals surface area contributed by atoms with Crippen molar-refractivity contribution in [2.24, 2.45) is 5.73 Å². The number of aryl methyl sites for hydroxylation is 1. The molecule has 1 unspecified atom stereocenters. The van der Waals surface area contributed by atoms with Crippen LogP contribution in [0.3, 0.4) is 0 Å². The molecule has 1 aromatic heterocycles. The molecule has 0 amide bonds. The smallest absolute Gasteiger partial charge is 0.124 e. The summed E-state index contributed by atoms with van der Waals surface area (Å²) in [5, 5.41) is 3.19. The van der Waals surface area contributed by atoms with E-state index >= 15 is 0 Å². The van der Waals surface area contributed by atoms with Crippen LogP contribution in [-0.4, -0.2) is 11.6 Å². The SMILES string of the molecule is Cc1nc(CC2(N)CCOc3ccccc32)cs1. The Bertz CT molecular complexity index is 566. The molecule has 0 saturated carbocycles. The highest BCUT2D eigenvalue weighted by molar-refractivity contribution is 7.09. The van der Waals surface area contributed by atoms with Crippen molar-refractivity contribution in [3.8, 4) is 5.75 Å². The predicted molar refractivity (Wildman–Crippen MR) is 73.0 cm³/mol. The molecule has 2 aromatic rings. The average molecular weight is 260 g/mol. The molecule has 1 atom stereocenters. The molecule has 2 heterocycles. The zero-order valence-electron chi connectivity index (χ0n) is 10.3. The maximum absolute atomic E-state index is 6.60. The van der Waals surface area contributed by atoms with Crippen LogP contribution < -0.4 is 10.5 Å². The molecule has 4 heteroatoms. The highest BCUT2D eigenvalue weighted by Gasteiger charge is 2.34. The van der Waals surface area contributed by atoms with Gasteiger partial charge in [0, 0.05) is 23.8 Å². The van der Waals surface area contributed by atoms with E-state index in [9.17, 15) is 0 Å².